The minimum absolute atomic E-state index is 0.0275. The molecule has 1 heterocycles. The summed E-state index contributed by atoms with van der Waals surface area (Å²) in [6, 6.07) is 12.1. The Morgan fingerprint density at radius 1 is 1.11 bits per heavy atom. The third-order valence-corrected chi connectivity index (χ3v) is 8.27. The largest absolute Gasteiger partial charge is 0.497 e. The predicted molar refractivity (Wildman–Crippen MR) is 135 cm³/mol. The number of nitrogens with zero attached hydrogens (tertiary/aromatic N) is 2. The number of benzene rings is 2. The summed E-state index contributed by atoms with van der Waals surface area (Å²) in [6.45, 7) is 6.12. The van der Waals surface area contributed by atoms with Gasteiger partial charge < -0.3 is 14.0 Å². The molecule has 0 aliphatic carbocycles. The number of hydrogen-bond acceptors (Lipinski definition) is 7. The van der Waals surface area contributed by atoms with E-state index in [1.807, 2.05) is 18.2 Å². The maximum atomic E-state index is 12.6. The number of carbonyl (C=O) groups excluding carboxylic acids is 2. The topological polar surface area (TPSA) is 104 Å². The molecule has 0 N–H and O–H groups in total. The molecule has 2 aromatic carbocycles. The van der Waals surface area contributed by atoms with E-state index in [0.29, 0.717) is 16.5 Å². The van der Waals surface area contributed by atoms with Gasteiger partial charge in [-0.1, -0.05) is 31.3 Å². The monoisotopic (exact) mass is 518 g/mol. The van der Waals surface area contributed by atoms with E-state index in [1.165, 1.54) is 30.6 Å². The molecule has 1 aromatic heterocycles. The number of aromatic nitrogens is 1. The Labute approximate surface area is 209 Å². The zero-order valence-electron chi connectivity index (χ0n) is 20.3. The number of fused-ring (bicyclic) bond motifs is 1. The second-order valence-electron chi connectivity index (χ2n) is 8.26. The van der Waals surface area contributed by atoms with Gasteiger partial charge in [0, 0.05) is 6.42 Å². The average Bonchev–Trinajstić information content (AvgIpc) is 3.14. The van der Waals surface area contributed by atoms with Crippen molar-refractivity contribution in [3.05, 3.63) is 52.8 Å². The summed E-state index contributed by atoms with van der Waals surface area (Å²) in [5.41, 5.74) is 1.93. The fourth-order valence-electron chi connectivity index (χ4n) is 3.50. The molecule has 8 nitrogen and oxygen atoms in total. The number of methoxy groups -OCH3 is 1. The van der Waals surface area contributed by atoms with Crippen molar-refractivity contribution in [1.82, 2.24) is 4.57 Å². The molecule has 0 fully saturated rings. The normalized spacial score (nSPS) is 12.3. The van der Waals surface area contributed by atoms with Gasteiger partial charge in [-0.05, 0) is 61.2 Å². The second-order valence-corrected chi connectivity index (χ2v) is 11.4. The van der Waals surface area contributed by atoms with Crippen molar-refractivity contribution < 1.29 is 27.5 Å². The van der Waals surface area contributed by atoms with Crippen molar-refractivity contribution in [1.29, 1.82) is 0 Å². The lowest BCUT2D eigenvalue weighted by molar-refractivity contribution is -0.143. The third-order valence-electron chi connectivity index (χ3n) is 5.41. The van der Waals surface area contributed by atoms with Crippen LogP contribution in [0.1, 0.15) is 45.1 Å². The number of hydrogen-bond donors (Lipinski definition) is 0. The average molecular weight is 519 g/mol. The highest BCUT2D eigenvalue weighted by Crippen LogP contribution is 2.24. The number of carbonyl (C=O) groups is 2. The standard InChI is InChI=1S/C25H30N2O6S2/c1-5-33-24(29)16-27-21-13-8-18(17(2)3)15-22(21)34-25(27)26-23(28)7-6-14-35(30,31)20-11-9-19(32-4)10-12-20/h8-13,15,17H,5-7,14,16H2,1-4H3. The number of sulfone groups is 1. The first-order valence-corrected chi connectivity index (χ1v) is 13.8. The maximum Gasteiger partial charge on any atom is 0.326 e. The minimum Gasteiger partial charge on any atom is -0.497 e. The molecule has 0 aliphatic rings. The lowest BCUT2D eigenvalue weighted by Gasteiger charge is -2.07. The lowest BCUT2D eigenvalue weighted by atomic mass is 10.0. The zero-order valence-corrected chi connectivity index (χ0v) is 21.9. The molecule has 3 rings (SSSR count). The molecule has 1 amide bonds. The minimum atomic E-state index is -3.53. The molecule has 3 aromatic rings. The van der Waals surface area contributed by atoms with Crippen molar-refractivity contribution in [3.8, 4) is 5.75 Å². The molecular weight excluding hydrogens is 488 g/mol. The van der Waals surface area contributed by atoms with Crippen LogP contribution in [0.25, 0.3) is 10.2 Å². The Hall–Kier alpha value is -2.98. The molecular formula is C25H30N2O6S2. The van der Waals surface area contributed by atoms with Crippen molar-refractivity contribution >= 4 is 43.3 Å². The predicted octanol–water partition coefficient (Wildman–Crippen LogP) is 4.08. The van der Waals surface area contributed by atoms with Crippen LogP contribution < -0.4 is 9.54 Å². The van der Waals surface area contributed by atoms with E-state index in [9.17, 15) is 18.0 Å². The Bertz CT molecular complexity index is 1370. The quantitative estimate of drug-likeness (QED) is 0.375. The molecule has 0 bridgehead atoms. The number of amides is 1. The van der Waals surface area contributed by atoms with E-state index in [2.05, 4.69) is 18.8 Å². The summed E-state index contributed by atoms with van der Waals surface area (Å²) >= 11 is 1.32. The fraction of sp³-hybridized carbons (Fsp3) is 0.400. The van der Waals surface area contributed by atoms with Gasteiger partial charge in [0.15, 0.2) is 14.6 Å². The van der Waals surface area contributed by atoms with E-state index in [-0.39, 0.29) is 36.6 Å². The molecule has 0 unspecified atom stereocenters. The first-order chi connectivity index (χ1) is 16.6. The molecule has 35 heavy (non-hydrogen) atoms. The Morgan fingerprint density at radius 3 is 2.46 bits per heavy atom. The maximum absolute atomic E-state index is 12.6. The van der Waals surface area contributed by atoms with Crippen LogP contribution in [0.15, 0.2) is 52.4 Å². The first kappa shape index (κ1) is 26.6. The Morgan fingerprint density at radius 2 is 1.83 bits per heavy atom. The SMILES string of the molecule is CCOC(=O)Cn1c(=NC(=O)CCCS(=O)(=O)c2ccc(OC)cc2)sc2cc(C(C)C)ccc21. The molecule has 0 saturated heterocycles. The highest BCUT2D eigenvalue weighted by atomic mass is 32.2. The zero-order chi connectivity index (χ0) is 25.6. The molecule has 0 radical (unpaired) electrons. The third kappa shape index (κ3) is 6.79. The van der Waals surface area contributed by atoms with Crippen LogP contribution in [0.3, 0.4) is 0 Å². The van der Waals surface area contributed by atoms with Gasteiger partial charge in [-0.3, -0.25) is 9.59 Å². The Balaban J connectivity index is 1.80. The van der Waals surface area contributed by atoms with Gasteiger partial charge in [-0.25, -0.2) is 8.42 Å². The Kier molecular flexibility index (Phi) is 8.85. The van der Waals surface area contributed by atoms with Gasteiger partial charge in [0.1, 0.15) is 12.3 Å². The summed E-state index contributed by atoms with van der Waals surface area (Å²) in [7, 11) is -2.02. The van der Waals surface area contributed by atoms with Crippen LogP contribution in [0.2, 0.25) is 0 Å². The van der Waals surface area contributed by atoms with E-state index in [0.717, 1.165) is 15.8 Å². The molecule has 0 atom stereocenters. The van der Waals surface area contributed by atoms with Crippen LogP contribution in [-0.2, 0) is 30.7 Å². The van der Waals surface area contributed by atoms with Gasteiger partial charge >= 0.3 is 5.97 Å². The summed E-state index contributed by atoms with van der Waals surface area (Å²) in [5.74, 6) is -0.136. The smallest absolute Gasteiger partial charge is 0.326 e. The lowest BCUT2D eigenvalue weighted by Crippen LogP contribution is -2.23. The summed E-state index contributed by atoms with van der Waals surface area (Å²) in [5, 5.41) is 0. The van der Waals surface area contributed by atoms with E-state index >= 15 is 0 Å². The summed E-state index contributed by atoms with van der Waals surface area (Å²) in [4.78, 5) is 29.6. The van der Waals surface area contributed by atoms with Gasteiger partial charge in [0.25, 0.3) is 0 Å². The van der Waals surface area contributed by atoms with Gasteiger partial charge in [0.2, 0.25) is 5.91 Å². The van der Waals surface area contributed by atoms with Crippen LogP contribution in [0.4, 0.5) is 0 Å². The van der Waals surface area contributed by atoms with Crippen LogP contribution in [-0.4, -0.2) is 44.3 Å². The van der Waals surface area contributed by atoms with E-state index in [1.54, 1.807) is 23.6 Å². The summed E-state index contributed by atoms with van der Waals surface area (Å²) < 4.78 is 37.9. The van der Waals surface area contributed by atoms with E-state index in [4.69, 9.17) is 9.47 Å². The van der Waals surface area contributed by atoms with Crippen molar-refractivity contribution in [2.45, 2.75) is 51.0 Å². The fourth-order valence-corrected chi connectivity index (χ4v) is 5.91. The molecule has 0 spiro atoms. The summed E-state index contributed by atoms with van der Waals surface area (Å²) in [6.07, 6.45) is 0.108. The highest BCUT2D eigenvalue weighted by Gasteiger charge is 2.16. The van der Waals surface area contributed by atoms with E-state index < -0.39 is 21.7 Å². The van der Waals surface area contributed by atoms with Crippen LogP contribution in [0, 0.1) is 0 Å². The number of ether oxygens (including phenoxy) is 2. The second kappa shape index (κ2) is 11.6. The molecule has 10 heteroatoms. The van der Waals surface area contributed by atoms with Crippen LogP contribution in [0.5, 0.6) is 5.75 Å². The van der Waals surface area contributed by atoms with Crippen molar-refractivity contribution in [2.24, 2.45) is 4.99 Å². The highest BCUT2D eigenvalue weighted by molar-refractivity contribution is 7.91. The molecule has 0 saturated carbocycles. The van der Waals surface area contributed by atoms with Crippen molar-refractivity contribution in [3.63, 3.8) is 0 Å². The number of thiazole rings is 1. The number of rotatable bonds is 10. The van der Waals surface area contributed by atoms with Gasteiger partial charge in [-0.2, -0.15) is 4.99 Å². The van der Waals surface area contributed by atoms with Gasteiger partial charge in [-0.15, -0.1) is 0 Å². The first-order valence-electron chi connectivity index (χ1n) is 11.4. The number of esters is 1. The molecule has 0 aliphatic heterocycles. The van der Waals surface area contributed by atoms with Crippen LogP contribution >= 0.6 is 11.3 Å². The van der Waals surface area contributed by atoms with Gasteiger partial charge in [0.05, 0.1) is 34.6 Å². The molecule has 188 valence electrons. The van der Waals surface area contributed by atoms with Crippen molar-refractivity contribution in [2.75, 3.05) is 19.5 Å².